The highest BCUT2D eigenvalue weighted by molar-refractivity contribution is 7.99. The van der Waals surface area contributed by atoms with Crippen molar-refractivity contribution in [1.82, 2.24) is 0 Å². The van der Waals surface area contributed by atoms with Gasteiger partial charge in [0, 0.05) is 30.7 Å². The Balaban J connectivity index is 2.33. The minimum atomic E-state index is 0.0776. The Bertz CT molecular complexity index is 442. The normalized spacial score (nSPS) is 19.1. The molecule has 2 rings (SSSR count). The Labute approximate surface area is 107 Å². The second-order valence-electron chi connectivity index (χ2n) is 4.17. The Morgan fingerprint density at radius 2 is 2.12 bits per heavy atom. The Morgan fingerprint density at radius 1 is 1.35 bits per heavy atom. The van der Waals surface area contributed by atoms with Gasteiger partial charge in [-0.1, -0.05) is 30.4 Å². The van der Waals surface area contributed by atoms with E-state index < -0.39 is 0 Å². The molecule has 17 heavy (non-hydrogen) atoms. The summed E-state index contributed by atoms with van der Waals surface area (Å²) in [4.78, 5) is 13.2. The number of carbonyl (C=O) groups is 1. The summed E-state index contributed by atoms with van der Waals surface area (Å²) in [6.45, 7) is 1.60. The number of thioether (sulfide) groups is 1. The highest BCUT2D eigenvalue weighted by atomic mass is 32.2. The van der Waals surface area contributed by atoms with Gasteiger partial charge in [-0.2, -0.15) is 0 Å². The zero-order valence-corrected chi connectivity index (χ0v) is 11.0. The van der Waals surface area contributed by atoms with Crippen LogP contribution in [0.1, 0.15) is 24.2 Å². The number of carbonyl (C=O) groups excluding carboxylic acids is 1. The highest BCUT2D eigenvalue weighted by Crippen LogP contribution is 2.39. The molecular formula is C14H17NOS. The summed E-state index contributed by atoms with van der Waals surface area (Å²) < 4.78 is 0. The van der Waals surface area contributed by atoms with Crippen LogP contribution in [0, 0.1) is 0 Å². The molecule has 0 N–H and O–H groups in total. The molecule has 2 nitrogen and oxygen atoms in total. The van der Waals surface area contributed by atoms with E-state index in [-0.39, 0.29) is 5.91 Å². The number of benzene rings is 1. The van der Waals surface area contributed by atoms with Crippen LogP contribution in [0.25, 0.3) is 0 Å². The lowest BCUT2D eigenvalue weighted by molar-refractivity contribution is -0.116. The van der Waals surface area contributed by atoms with Gasteiger partial charge in [0.1, 0.15) is 0 Å². The highest BCUT2D eigenvalue weighted by Gasteiger charge is 2.19. The van der Waals surface area contributed by atoms with Crippen LogP contribution in [0.3, 0.4) is 0 Å². The van der Waals surface area contributed by atoms with E-state index in [2.05, 4.69) is 18.2 Å². The van der Waals surface area contributed by atoms with E-state index in [1.54, 1.807) is 11.8 Å². The minimum Gasteiger partial charge on any atom is -0.315 e. The Hall–Kier alpha value is -1.22. The first-order chi connectivity index (χ1) is 8.20. The van der Waals surface area contributed by atoms with Gasteiger partial charge in [0.25, 0.3) is 0 Å². The number of nitrogens with zero attached hydrogens (tertiary/aromatic N) is 1. The maximum Gasteiger partial charge on any atom is 0.223 e. The summed E-state index contributed by atoms with van der Waals surface area (Å²) in [5.41, 5.74) is 2.30. The molecule has 1 atom stereocenters. The van der Waals surface area contributed by atoms with Crippen molar-refractivity contribution in [1.29, 1.82) is 0 Å². The second kappa shape index (κ2) is 5.41. The van der Waals surface area contributed by atoms with Gasteiger partial charge in [0.05, 0.1) is 0 Å². The van der Waals surface area contributed by atoms with Crippen LogP contribution in [0.2, 0.25) is 0 Å². The molecule has 0 aromatic heterocycles. The summed E-state index contributed by atoms with van der Waals surface area (Å²) in [6.07, 6.45) is 5.48. The molecule has 1 amide bonds. The van der Waals surface area contributed by atoms with Crippen molar-refractivity contribution >= 4 is 23.4 Å². The van der Waals surface area contributed by atoms with Crippen LogP contribution in [0.15, 0.2) is 36.4 Å². The molecule has 1 aromatic carbocycles. The van der Waals surface area contributed by atoms with Crippen molar-refractivity contribution in [2.24, 2.45) is 0 Å². The minimum absolute atomic E-state index is 0.0776. The van der Waals surface area contributed by atoms with E-state index in [9.17, 15) is 4.79 Å². The number of allylic oxidation sites excluding steroid dienone is 1. The van der Waals surface area contributed by atoms with Crippen LogP contribution in [0.5, 0.6) is 0 Å². The number of anilines is 1. The zero-order valence-electron chi connectivity index (χ0n) is 10.2. The smallest absolute Gasteiger partial charge is 0.223 e. The molecule has 3 heteroatoms. The molecule has 0 spiro atoms. The summed E-state index contributed by atoms with van der Waals surface area (Å²) in [5.74, 6) is 1.14. The molecule has 1 unspecified atom stereocenters. The molecule has 0 fully saturated rings. The van der Waals surface area contributed by atoms with Crippen molar-refractivity contribution in [3.05, 3.63) is 42.0 Å². The van der Waals surface area contributed by atoms with Crippen molar-refractivity contribution in [2.45, 2.75) is 18.6 Å². The average Bonchev–Trinajstić information content (AvgIpc) is 2.39. The van der Waals surface area contributed by atoms with Gasteiger partial charge in [-0.3, -0.25) is 4.79 Å². The lowest BCUT2D eigenvalue weighted by Crippen LogP contribution is -2.24. The third-order valence-electron chi connectivity index (χ3n) is 3.03. The van der Waals surface area contributed by atoms with Gasteiger partial charge in [-0.15, -0.1) is 11.8 Å². The van der Waals surface area contributed by atoms with E-state index in [1.165, 1.54) is 5.56 Å². The molecule has 0 aliphatic carbocycles. The van der Waals surface area contributed by atoms with Crippen molar-refractivity contribution < 1.29 is 4.79 Å². The molecule has 0 saturated heterocycles. The fraction of sp³-hybridized carbons (Fsp3) is 0.357. The number of hydrogen-bond donors (Lipinski definition) is 0. The fourth-order valence-electron chi connectivity index (χ4n) is 1.98. The lowest BCUT2D eigenvalue weighted by atomic mass is 10.1. The molecule has 0 bridgehead atoms. The van der Waals surface area contributed by atoms with Crippen molar-refractivity contribution in [3.8, 4) is 0 Å². The lowest BCUT2D eigenvalue weighted by Gasteiger charge is -2.25. The summed E-state index contributed by atoms with van der Waals surface area (Å²) >= 11 is 1.93. The zero-order chi connectivity index (χ0) is 12.3. The van der Waals surface area contributed by atoms with E-state index >= 15 is 0 Å². The Kier molecular flexibility index (Phi) is 3.89. The summed E-state index contributed by atoms with van der Waals surface area (Å²) in [6, 6.07) is 8.19. The number of hydrogen-bond acceptors (Lipinski definition) is 2. The van der Waals surface area contributed by atoms with E-state index in [1.807, 2.05) is 37.0 Å². The molecular weight excluding hydrogens is 230 g/mol. The molecule has 0 radical (unpaired) electrons. The first-order valence-electron chi connectivity index (χ1n) is 5.80. The number of amides is 1. The largest absolute Gasteiger partial charge is 0.315 e. The predicted octanol–water partition coefficient (Wildman–Crippen LogP) is 3.40. The molecule has 1 aliphatic rings. The molecule has 1 aromatic rings. The van der Waals surface area contributed by atoms with Crippen molar-refractivity contribution in [2.75, 3.05) is 17.7 Å². The van der Waals surface area contributed by atoms with Gasteiger partial charge >= 0.3 is 0 Å². The van der Waals surface area contributed by atoms with E-state index in [0.717, 1.165) is 17.9 Å². The van der Waals surface area contributed by atoms with Gasteiger partial charge in [0.2, 0.25) is 5.91 Å². The quantitative estimate of drug-likeness (QED) is 0.746. The topological polar surface area (TPSA) is 20.3 Å². The predicted molar refractivity (Wildman–Crippen MR) is 74.5 cm³/mol. The van der Waals surface area contributed by atoms with Gasteiger partial charge in [-0.05, 0) is 18.1 Å². The van der Waals surface area contributed by atoms with Gasteiger partial charge < -0.3 is 4.90 Å². The van der Waals surface area contributed by atoms with Crippen LogP contribution in [-0.4, -0.2) is 18.7 Å². The van der Waals surface area contributed by atoms with Crippen LogP contribution >= 0.6 is 11.8 Å². The monoisotopic (exact) mass is 247 g/mol. The third kappa shape index (κ3) is 2.72. The first kappa shape index (κ1) is 12.2. The number of rotatable bonds is 2. The first-order valence-corrected chi connectivity index (χ1v) is 6.85. The Morgan fingerprint density at radius 3 is 2.76 bits per heavy atom. The van der Waals surface area contributed by atoms with Crippen LogP contribution < -0.4 is 4.90 Å². The molecule has 1 aliphatic heterocycles. The maximum absolute atomic E-state index is 11.5. The molecule has 0 saturated carbocycles. The van der Waals surface area contributed by atoms with Gasteiger partial charge in [0.15, 0.2) is 0 Å². The summed E-state index contributed by atoms with van der Waals surface area (Å²) in [5, 5.41) is 0.470. The van der Waals surface area contributed by atoms with E-state index in [0.29, 0.717) is 5.25 Å². The van der Waals surface area contributed by atoms with E-state index in [4.69, 9.17) is 0 Å². The third-order valence-corrected chi connectivity index (χ3v) is 4.26. The molecule has 1 heterocycles. The second-order valence-corrected chi connectivity index (χ2v) is 5.40. The summed E-state index contributed by atoms with van der Waals surface area (Å²) in [7, 11) is 1.84. The standard InChI is InChI=1S/C14H17NOS/c1-11(16)15(2)13-8-4-3-7-12(13)14-9-5-6-10-17-14/h3-8,14H,9-10H2,1-2H3. The average molecular weight is 247 g/mol. The van der Waals surface area contributed by atoms with Crippen molar-refractivity contribution in [3.63, 3.8) is 0 Å². The molecule has 90 valence electrons. The maximum atomic E-state index is 11.5. The van der Waals surface area contributed by atoms with Crippen LogP contribution in [0.4, 0.5) is 5.69 Å². The SMILES string of the molecule is CC(=O)N(C)c1ccccc1C1CC=CCS1. The number of para-hydroxylation sites is 1. The van der Waals surface area contributed by atoms with Crippen LogP contribution in [-0.2, 0) is 4.79 Å². The van der Waals surface area contributed by atoms with Gasteiger partial charge in [-0.25, -0.2) is 0 Å². The fourth-order valence-corrected chi connectivity index (χ4v) is 3.08.